The first-order valence-electron chi connectivity index (χ1n) is 9.06. The maximum Gasteiger partial charge on any atom is 0.311 e. The van der Waals surface area contributed by atoms with Crippen LogP contribution in [0, 0.1) is 28.9 Å². The summed E-state index contributed by atoms with van der Waals surface area (Å²) >= 11 is 0. The summed E-state index contributed by atoms with van der Waals surface area (Å²) in [5.41, 5.74) is 4.18. The molecular weight excluding hydrogens is 332 g/mol. The molecule has 3 heterocycles. The van der Waals surface area contributed by atoms with Crippen LogP contribution in [0.2, 0.25) is 0 Å². The Balaban J connectivity index is 1.68. The van der Waals surface area contributed by atoms with Gasteiger partial charge in [0.05, 0.1) is 4.92 Å². The van der Waals surface area contributed by atoms with Crippen LogP contribution in [0.15, 0.2) is 23.9 Å². The number of rotatable bonds is 4. The second-order valence-electron chi connectivity index (χ2n) is 6.77. The molecule has 1 fully saturated rings. The van der Waals surface area contributed by atoms with Crippen molar-refractivity contribution >= 4 is 11.5 Å². The average Bonchev–Trinajstić information content (AvgIpc) is 3.02. The van der Waals surface area contributed by atoms with Gasteiger partial charge in [-0.1, -0.05) is 19.3 Å². The third-order valence-corrected chi connectivity index (χ3v) is 4.75. The number of piperidine rings is 1. The Hall–Kier alpha value is -2.59. The molecule has 26 heavy (non-hydrogen) atoms. The number of aromatic nitrogens is 1. The first kappa shape index (κ1) is 18.2. The first-order valence-corrected chi connectivity index (χ1v) is 9.06. The van der Waals surface area contributed by atoms with E-state index < -0.39 is 0 Å². The third kappa shape index (κ3) is 3.97. The number of hydrogen-bond acceptors (Lipinski definition) is 6. The first-order chi connectivity index (χ1) is 12.5. The van der Waals surface area contributed by atoms with Crippen molar-refractivity contribution in [1.82, 2.24) is 10.5 Å². The molecule has 0 aromatic carbocycles. The number of hydrogen-bond donors (Lipinski definition) is 1. The fourth-order valence-electron chi connectivity index (χ4n) is 3.22. The summed E-state index contributed by atoms with van der Waals surface area (Å²) in [7, 11) is 0. The highest BCUT2D eigenvalue weighted by Gasteiger charge is 2.39. The van der Waals surface area contributed by atoms with E-state index in [0.717, 1.165) is 43.5 Å². The zero-order chi connectivity index (χ0) is 18.6. The van der Waals surface area contributed by atoms with E-state index in [0.29, 0.717) is 18.9 Å². The summed E-state index contributed by atoms with van der Waals surface area (Å²) in [5.74, 6) is 6.72. The lowest BCUT2D eigenvalue weighted by Crippen LogP contribution is -2.45. The molecule has 2 aliphatic rings. The number of nitrogens with zero attached hydrogens (tertiary/aromatic N) is 3. The number of anilines is 1. The molecule has 0 bridgehead atoms. The molecule has 0 radical (unpaired) electrons. The van der Waals surface area contributed by atoms with E-state index in [2.05, 4.69) is 35.3 Å². The summed E-state index contributed by atoms with van der Waals surface area (Å²) < 4.78 is 0. The standard InChI is InChI=1S/C19H24N4O3/c1-3-4-5-6-7-16-14-19(26-21-16)10-12-22(13-11-19)18-17(23(24)25)9-8-15(2)20-18/h8-9,14,21H,3-5,10-13H2,1-2H3. The summed E-state index contributed by atoms with van der Waals surface area (Å²) in [6.07, 6.45) is 6.64. The minimum Gasteiger partial charge on any atom is -0.351 e. The molecule has 1 spiro atoms. The molecule has 138 valence electrons. The molecule has 0 atom stereocenters. The molecule has 3 rings (SSSR count). The molecule has 1 aromatic heterocycles. The minimum absolute atomic E-state index is 0.0510. The van der Waals surface area contributed by atoms with Gasteiger partial charge in [-0.25, -0.2) is 4.98 Å². The summed E-state index contributed by atoms with van der Waals surface area (Å²) in [6.45, 7) is 5.28. The highest BCUT2D eigenvalue weighted by atomic mass is 16.7. The van der Waals surface area contributed by atoms with Crippen molar-refractivity contribution in [2.45, 2.75) is 51.6 Å². The van der Waals surface area contributed by atoms with Crippen molar-refractivity contribution in [3.63, 3.8) is 0 Å². The van der Waals surface area contributed by atoms with Gasteiger partial charge in [-0.3, -0.25) is 20.4 Å². The van der Waals surface area contributed by atoms with E-state index in [4.69, 9.17) is 4.84 Å². The van der Waals surface area contributed by atoms with Gasteiger partial charge in [0.1, 0.15) is 11.3 Å². The normalized spacial score (nSPS) is 18.1. The van der Waals surface area contributed by atoms with Gasteiger partial charge in [0, 0.05) is 44.1 Å². The molecule has 7 nitrogen and oxygen atoms in total. The van der Waals surface area contributed by atoms with Gasteiger partial charge >= 0.3 is 5.69 Å². The smallest absolute Gasteiger partial charge is 0.311 e. The summed E-state index contributed by atoms with van der Waals surface area (Å²) in [6, 6.07) is 3.20. The van der Waals surface area contributed by atoms with Crippen LogP contribution in [0.4, 0.5) is 11.5 Å². The van der Waals surface area contributed by atoms with Crippen LogP contribution in [-0.4, -0.2) is 28.6 Å². The largest absolute Gasteiger partial charge is 0.351 e. The maximum absolute atomic E-state index is 11.3. The topological polar surface area (TPSA) is 80.5 Å². The average molecular weight is 356 g/mol. The van der Waals surface area contributed by atoms with Gasteiger partial charge in [-0.05, 0) is 31.4 Å². The predicted octanol–water partition coefficient (Wildman–Crippen LogP) is 3.25. The van der Waals surface area contributed by atoms with Crippen LogP contribution < -0.4 is 10.4 Å². The predicted molar refractivity (Wildman–Crippen MR) is 99.4 cm³/mol. The zero-order valence-corrected chi connectivity index (χ0v) is 15.2. The van der Waals surface area contributed by atoms with Gasteiger partial charge in [0.15, 0.2) is 0 Å². The Labute approximate surface area is 153 Å². The van der Waals surface area contributed by atoms with Crippen LogP contribution in [0.3, 0.4) is 0 Å². The van der Waals surface area contributed by atoms with Crippen molar-refractivity contribution in [3.8, 4) is 11.8 Å². The van der Waals surface area contributed by atoms with Crippen molar-refractivity contribution in [2.75, 3.05) is 18.0 Å². The number of pyridine rings is 1. The van der Waals surface area contributed by atoms with Gasteiger partial charge in [0.2, 0.25) is 5.82 Å². The lowest BCUT2D eigenvalue weighted by molar-refractivity contribution is -0.384. The van der Waals surface area contributed by atoms with Gasteiger partial charge in [0.25, 0.3) is 0 Å². The van der Waals surface area contributed by atoms with Crippen molar-refractivity contribution in [1.29, 1.82) is 0 Å². The number of unbranched alkanes of at least 4 members (excludes halogenated alkanes) is 2. The quantitative estimate of drug-likeness (QED) is 0.386. The van der Waals surface area contributed by atoms with Crippen LogP contribution in [0.1, 0.15) is 44.7 Å². The SMILES string of the molecule is CCCCC#CC1=CC2(CCN(c3nc(C)ccc3[N+](=O)[O-])CC2)ON1. The molecule has 2 aliphatic heterocycles. The molecule has 7 heteroatoms. The number of hydroxylamine groups is 1. The second-order valence-corrected chi connectivity index (χ2v) is 6.77. The maximum atomic E-state index is 11.3. The number of aryl methyl sites for hydroxylation is 1. The van der Waals surface area contributed by atoms with Crippen molar-refractivity contribution < 1.29 is 9.76 Å². The van der Waals surface area contributed by atoms with E-state index in [1.54, 1.807) is 6.07 Å². The monoisotopic (exact) mass is 356 g/mol. The molecule has 0 saturated carbocycles. The second kappa shape index (κ2) is 7.75. The fourth-order valence-corrected chi connectivity index (χ4v) is 3.22. The van der Waals surface area contributed by atoms with E-state index in [9.17, 15) is 10.1 Å². The molecule has 1 aromatic rings. The Bertz CT molecular complexity index is 771. The molecule has 1 saturated heterocycles. The third-order valence-electron chi connectivity index (χ3n) is 4.75. The number of nitro groups is 1. The van der Waals surface area contributed by atoms with Crippen molar-refractivity contribution in [2.24, 2.45) is 0 Å². The Morgan fingerprint density at radius 1 is 1.42 bits per heavy atom. The summed E-state index contributed by atoms with van der Waals surface area (Å²) in [4.78, 5) is 23.1. The van der Waals surface area contributed by atoms with Crippen LogP contribution in [0.25, 0.3) is 0 Å². The van der Waals surface area contributed by atoms with Crippen LogP contribution >= 0.6 is 0 Å². The summed E-state index contributed by atoms with van der Waals surface area (Å²) in [5, 5.41) is 11.3. The van der Waals surface area contributed by atoms with E-state index in [1.165, 1.54) is 6.07 Å². The molecule has 0 aliphatic carbocycles. The fraction of sp³-hybridized carbons (Fsp3) is 0.526. The van der Waals surface area contributed by atoms with Crippen molar-refractivity contribution in [3.05, 3.63) is 39.7 Å². The lowest BCUT2D eigenvalue weighted by Gasteiger charge is -2.36. The van der Waals surface area contributed by atoms with Gasteiger partial charge in [-0.2, -0.15) is 0 Å². The highest BCUT2D eigenvalue weighted by molar-refractivity contribution is 5.58. The zero-order valence-electron chi connectivity index (χ0n) is 15.2. The number of nitrogens with one attached hydrogen (secondary N) is 1. The van der Waals surface area contributed by atoms with Gasteiger partial charge in [-0.15, -0.1) is 0 Å². The highest BCUT2D eigenvalue weighted by Crippen LogP contribution is 2.35. The van der Waals surface area contributed by atoms with Gasteiger partial charge < -0.3 is 4.90 Å². The minimum atomic E-state index is -0.385. The molecule has 0 unspecified atom stereocenters. The van der Waals surface area contributed by atoms with E-state index >= 15 is 0 Å². The molecular formula is C19H24N4O3. The Kier molecular flexibility index (Phi) is 5.43. The Morgan fingerprint density at radius 3 is 2.88 bits per heavy atom. The lowest BCUT2D eigenvalue weighted by atomic mass is 9.91. The van der Waals surface area contributed by atoms with E-state index in [-0.39, 0.29) is 16.2 Å². The Morgan fingerprint density at radius 2 is 2.19 bits per heavy atom. The molecule has 1 N–H and O–H groups in total. The van der Waals surface area contributed by atoms with E-state index in [1.807, 2.05) is 11.8 Å². The molecule has 0 amide bonds. The van der Waals surface area contributed by atoms with Crippen LogP contribution in [-0.2, 0) is 4.84 Å². The van der Waals surface area contributed by atoms with Crippen LogP contribution in [0.5, 0.6) is 0 Å². The number of allylic oxidation sites excluding steroid dienone is 1.